The fourth-order valence-electron chi connectivity index (χ4n) is 3.77. The fourth-order valence-corrected chi connectivity index (χ4v) is 4.90. The van der Waals surface area contributed by atoms with Crippen LogP contribution in [0.2, 0.25) is 0 Å². The van der Waals surface area contributed by atoms with Crippen molar-refractivity contribution in [3.63, 3.8) is 0 Å². The summed E-state index contributed by atoms with van der Waals surface area (Å²) in [7, 11) is 1.61. The molecule has 146 valence electrons. The number of carbonyl (C=O) groups excluding carboxylic acids is 1. The zero-order chi connectivity index (χ0) is 19.8. The Balaban J connectivity index is 1.78. The van der Waals surface area contributed by atoms with E-state index in [1.165, 1.54) is 11.3 Å². The second-order valence-corrected chi connectivity index (χ2v) is 7.92. The van der Waals surface area contributed by atoms with Crippen LogP contribution in [0.5, 0.6) is 5.75 Å². The lowest BCUT2D eigenvalue weighted by Crippen LogP contribution is -2.30. The van der Waals surface area contributed by atoms with E-state index in [-0.39, 0.29) is 11.5 Å². The van der Waals surface area contributed by atoms with E-state index < -0.39 is 0 Å². The molecule has 1 amide bonds. The number of nitrogens with zero attached hydrogens (tertiary/aromatic N) is 3. The number of fused-ring (bicyclic) bond motifs is 2. The van der Waals surface area contributed by atoms with Crippen LogP contribution < -0.4 is 15.2 Å². The van der Waals surface area contributed by atoms with Gasteiger partial charge in [-0.25, -0.2) is 4.98 Å². The molecule has 4 rings (SSSR count). The van der Waals surface area contributed by atoms with Gasteiger partial charge < -0.3 is 9.64 Å². The van der Waals surface area contributed by atoms with Gasteiger partial charge in [0, 0.05) is 25.2 Å². The first-order chi connectivity index (χ1) is 13.5. The minimum Gasteiger partial charge on any atom is -0.497 e. The first kappa shape index (κ1) is 18.7. The Morgan fingerprint density at radius 3 is 2.71 bits per heavy atom. The summed E-state index contributed by atoms with van der Waals surface area (Å²) in [5, 5.41) is 0.588. The minimum atomic E-state index is -0.101. The number of aromatic nitrogens is 2. The second-order valence-electron chi connectivity index (χ2n) is 6.93. The SMILES string of the molecule is CCN(C(=O)c1sc2nc3n(c(=O)c2c1C)CCCC3)c1ccc(OC)cc1. The summed E-state index contributed by atoms with van der Waals surface area (Å²) in [6, 6.07) is 7.42. The molecule has 3 heterocycles. The van der Waals surface area contributed by atoms with Crippen molar-refractivity contribution >= 4 is 33.1 Å². The first-order valence-corrected chi connectivity index (χ1v) is 10.4. The van der Waals surface area contributed by atoms with Gasteiger partial charge in [0.25, 0.3) is 11.5 Å². The number of hydrogen-bond donors (Lipinski definition) is 0. The molecule has 7 heteroatoms. The number of methoxy groups -OCH3 is 1. The summed E-state index contributed by atoms with van der Waals surface area (Å²) in [5.74, 6) is 1.48. The molecule has 0 bridgehead atoms. The number of thiophene rings is 1. The summed E-state index contributed by atoms with van der Waals surface area (Å²) in [4.78, 5) is 34.0. The van der Waals surface area contributed by atoms with Crippen LogP contribution in [-0.2, 0) is 13.0 Å². The third-order valence-electron chi connectivity index (χ3n) is 5.30. The summed E-state index contributed by atoms with van der Waals surface area (Å²) < 4.78 is 6.98. The topological polar surface area (TPSA) is 64.4 Å². The van der Waals surface area contributed by atoms with E-state index >= 15 is 0 Å². The fraction of sp³-hybridized carbons (Fsp3) is 0.381. The third kappa shape index (κ3) is 2.99. The monoisotopic (exact) mass is 397 g/mol. The molecule has 3 aromatic rings. The number of rotatable bonds is 4. The van der Waals surface area contributed by atoms with Crippen LogP contribution in [0.15, 0.2) is 29.1 Å². The van der Waals surface area contributed by atoms with Crippen molar-refractivity contribution in [2.45, 2.75) is 39.7 Å². The van der Waals surface area contributed by atoms with Gasteiger partial charge in [-0.2, -0.15) is 0 Å². The van der Waals surface area contributed by atoms with Crippen molar-refractivity contribution < 1.29 is 9.53 Å². The number of amides is 1. The smallest absolute Gasteiger partial charge is 0.268 e. The van der Waals surface area contributed by atoms with Gasteiger partial charge >= 0.3 is 0 Å². The molecule has 0 spiro atoms. The van der Waals surface area contributed by atoms with Gasteiger partial charge in [-0.05, 0) is 56.5 Å². The average molecular weight is 398 g/mol. The van der Waals surface area contributed by atoms with E-state index in [0.29, 0.717) is 28.2 Å². The predicted octanol–water partition coefficient (Wildman–Crippen LogP) is 3.78. The highest BCUT2D eigenvalue weighted by atomic mass is 32.1. The van der Waals surface area contributed by atoms with Crippen LogP contribution >= 0.6 is 11.3 Å². The van der Waals surface area contributed by atoms with E-state index in [9.17, 15) is 9.59 Å². The highest BCUT2D eigenvalue weighted by Gasteiger charge is 2.25. The zero-order valence-electron chi connectivity index (χ0n) is 16.3. The molecule has 1 aliphatic heterocycles. The number of benzene rings is 1. The molecule has 28 heavy (non-hydrogen) atoms. The predicted molar refractivity (Wildman–Crippen MR) is 112 cm³/mol. The third-order valence-corrected chi connectivity index (χ3v) is 6.47. The maximum atomic E-state index is 13.3. The van der Waals surface area contributed by atoms with E-state index in [4.69, 9.17) is 9.72 Å². The molecule has 0 fully saturated rings. The second kappa shape index (κ2) is 7.39. The van der Waals surface area contributed by atoms with E-state index in [2.05, 4.69) is 0 Å². The standard InChI is InChI=1S/C21H23N3O3S/c1-4-23(14-8-10-15(27-3)11-9-14)21(26)18-13(2)17-19(28-18)22-16-7-5-6-12-24(16)20(17)25/h8-11H,4-7,12H2,1-3H3. The van der Waals surface area contributed by atoms with Gasteiger partial charge in [0.05, 0.1) is 17.4 Å². The maximum Gasteiger partial charge on any atom is 0.268 e. The first-order valence-electron chi connectivity index (χ1n) is 9.53. The Kier molecular flexibility index (Phi) is 4.93. The van der Waals surface area contributed by atoms with Crippen molar-refractivity contribution in [2.24, 2.45) is 0 Å². The number of carbonyl (C=O) groups is 1. The molecule has 0 N–H and O–H groups in total. The van der Waals surface area contributed by atoms with E-state index in [0.717, 1.165) is 42.1 Å². The molecule has 1 aromatic carbocycles. The summed E-state index contributed by atoms with van der Waals surface area (Å²) >= 11 is 1.32. The van der Waals surface area contributed by atoms with Crippen molar-refractivity contribution in [2.75, 3.05) is 18.6 Å². The van der Waals surface area contributed by atoms with Crippen LogP contribution in [0.1, 0.15) is 40.8 Å². The number of hydrogen-bond acceptors (Lipinski definition) is 5. The number of aryl methyl sites for hydroxylation is 2. The van der Waals surface area contributed by atoms with Crippen LogP contribution in [0.25, 0.3) is 10.2 Å². The van der Waals surface area contributed by atoms with Gasteiger partial charge in [0.15, 0.2) is 0 Å². The summed E-state index contributed by atoms with van der Waals surface area (Å²) in [6.45, 7) is 5.04. The quantitative estimate of drug-likeness (QED) is 0.672. The Bertz CT molecular complexity index is 1100. The van der Waals surface area contributed by atoms with Crippen molar-refractivity contribution in [1.29, 1.82) is 0 Å². The Morgan fingerprint density at radius 1 is 1.29 bits per heavy atom. The molecule has 0 aliphatic carbocycles. The Labute approximate surface area is 167 Å². The largest absolute Gasteiger partial charge is 0.497 e. The zero-order valence-corrected chi connectivity index (χ0v) is 17.1. The lowest BCUT2D eigenvalue weighted by molar-refractivity contribution is 0.0991. The van der Waals surface area contributed by atoms with Crippen LogP contribution in [0.4, 0.5) is 5.69 Å². The molecule has 2 aromatic heterocycles. The molecule has 0 saturated heterocycles. The summed E-state index contributed by atoms with van der Waals surface area (Å²) in [5.41, 5.74) is 1.52. The molecule has 6 nitrogen and oxygen atoms in total. The number of anilines is 1. The molecule has 0 unspecified atom stereocenters. The lowest BCUT2D eigenvalue weighted by atomic mass is 10.1. The molecule has 0 atom stereocenters. The molecular formula is C21H23N3O3S. The highest BCUT2D eigenvalue weighted by molar-refractivity contribution is 7.20. The molecule has 0 radical (unpaired) electrons. The molecule has 0 saturated carbocycles. The van der Waals surface area contributed by atoms with E-state index in [1.807, 2.05) is 38.1 Å². The lowest BCUT2D eigenvalue weighted by Gasteiger charge is -2.21. The molecular weight excluding hydrogens is 374 g/mol. The van der Waals surface area contributed by atoms with Gasteiger partial charge in [-0.1, -0.05) is 0 Å². The van der Waals surface area contributed by atoms with Gasteiger partial charge in [0.1, 0.15) is 16.4 Å². The number of ether oxygens (including phenoxy) is 1. The van der Waals surface area contributed by atoms with Gasteiger partial charge in [-0.3, -0.25) is 14.2 Å². The van der Waals surface area contributed by atoms with Crippen LogP contribution in [0.3, 0.4) is 0 Å². The van der Waals surface area contributed by atoms with Crippen LogP contribution in [0, 0.1) is 6.92 Å². The van der Waals surface area contributed by atoms with Crippen molar-refractivity contribution in [1.82, 2.24) is 9.55 Å². The summed E-state index contributed by atoms with van der Waals surface area (Å²) in [6.07, 6.45) is 2.86. The van der Waals surface area contributed by atoms with Gasteiger partial charge in [0.2, 0.25) is 0 Å². The normalized spacial score (nSPS) is 13.4. The van der Waals surface area contributed by atoms with Crippen molar-refractivity contribution in [3.05, 3.63) is 50.9 Å². The van der Waals surface area contributed by atoms with Gasteiger partial charge in [-0.15, -0.1) is 11.3 Å². The minimum absolute atomic E-state index is 0.0139. The Hall–Kier alpha value is -2.67. The van der Waals surface area contributed by atoms with Crippen molar-refractivity contribution in [3.8, 4) is 5.75 Å². The average Bonchev–Trinajstić information content (AvgIpc) is 3.05. The highest BCUT2D eigenvalue weighted by Crippen LogP contribution is 2.31. The van der Waals surface area contributed by atoms with Crippen LogP contribution in [-0.4, -0.2) is 29.1 Å². The van der Waals surface area contributed by atoms with E-state index in [1.54, 1.807) is 16.6 Å². The maximum absolute atomic E-state index is 13.3. The Morgan fingerprint density at radius 2 is 2.04 bits per heavy atom. The molecule has 1 aliphatic rings.